The summed E-state index contributed by atoms with van der Waals surface area (Å²) in [5.41, 5.74) is 1.87. The number of nitrogens with one attached hydrogen (secondary N) is 1. The molecular weight excluding hydrogens is 400 g/mol. The van der Waals surface area contributed by atoms with Gasteiger partial charge < -0.3 is 10.1 Å². The summed E-state index contributed by atoms with van der Waals surface area (Å²) in [6.07, 6.45) is 4.55. The van der Waals surface area contributed by atoms with Crippen molar-refractivity contribution in [3.05, 3.63) is 38.8 Å². The predicted octanol–water partition coefficient (Wildman–Crippen LogP) is 3.44. The Balaban J connectivity index is 2.49. The van der Waals surface area contributed by atoms with Gasteiger partial charge in [0.1, 0.15) is 5.69 Å². The zero-order valence-corrected chi connectivity index (χ0v) is 15.4. The number of halogens is 2. The first-order valence-corrected chi connectivity index (χ1v) is 8.27. The minimum atomic E-state index is -0.0881. The minimum Gasteiger partial charge on any atom is -0.493 e. The van der Waals surface area contributed by atoms with Crippen molar-refractivity contribution in [1.82, 2.24) is 20.1 Å². The van der Waals surface area contributed by atoms with E-state index in [1.807, 2.05) is 17.8 Å². The zero-order chi connectivity index (χ0) is 15.4. The summed E-state index contributed by atoms with van der Waals surface area (Å²) in [5.74, 6) is 0.753. The van der Waals surface area contributed by atoms with Crippen LogP contribution >= 0.6 is 31.9 Å². The fraction of sp³-hybridized carbons (Fsp3) is 0.429. The van der Waals surface area contributed by atoms with Crippen molar-refractivity contribution in [2.24, 2.45) is 7.05 Å². The van der Waals surface area contributed by atoms with Crippen molar-refractivity contribution in [2.45, 2.75) is 19.4 Å². The van der Waals surface area contributed by atoms with E-state index in [2.05, 4.69) is 54.2 Å². The van der Waals surface area contributed by atoms with Gasteiger partial charge in [-0.1, -0.05) is 6.92 Å². The van der Waals surface area contributed by atoms with E-state index >= 15 is 0 Å². The molecule has 0 fully saturated rings. The molecule has 21 heavy (non-hydrogen) atoms. The van der Waals surface area contributed by atoms with Gasteiger partial charge in [-0.3, -0.25) is 9.67 Å². The second kappa shape index (κ2) is 7.38. The number of ether oxygens (including phenoxy) is 1. The second-order valence-corrected chi connectivity index (χ2v) is 6.40. The maximum atomic E-state index is 5.44. The van der Waals surface area contributed by atoms with Crippen molar-refractivity contribution in [1.29, 1.82) is 0 Å². The van der Waals surface area contributed by atoms with E-state index in [0.717, 1.165) is 39.0 Å². The molecule has 7 heteroatoms. The standard InChI is InChI=1S/C14H18Br2N4O/c1-4-5-17-13(12-10(16)6-9(15)7-18-12)14-11(21-3)8-19-20(14)2/h6-8,13,17H,4-5H2,1-3H3. The van der Waals surface area contributed by atoms with Crippen LogP contribution in [-0.4, -0.2) is 28.4 Å². The van der Waals surface area contributed by atoms with Crippen LogP contribution in [0, 0.1) is 0 Å². The van der Waals surface area contributed by atoms with Crippen LogP contribution in [0.15, 0.2) is 27.4 Å². The fourth-order valence-corrected chi connectivity index (χ4v) is 3.38. The Labute approximate surface area is 141 Å². The highest BCUT2D eigenvalue weighted by Crippen LogP contribution is 2.33. The fourth-order valence-electron chi connectivity index (χ4n) is 2.16. The average molecular weight is 418 g/mol. The highest BCUT2D eigenvalue weighted by atomic mass is 79.9. The zero-order valence-electron chi connectivity index (χ0n) is 12.2. The first-order chi connectivity index (χ1) is 10.1. The number of methoxy groups -OCH3 is 1. The van der Waals surface area contributed by atoms with Gasteiger partial charge in [-0.2, -0.15) is 5.10 Å². The summed E-state index contributed by atoms with van der Waals surface area (Å²) in [4.78, 5) is 4.55. The molecule has 0 aromatic carbocycles. The largest absolute Gasteiger partial charge is 0.493 e. The average Bonchev–Trinajstić information content (AvgIpc) is 2.82. The van der Waals surface area contributed by atoms with Crippen molar-refractivity contribution in [3.63, 3.8) is 0 Å². The Kier molecular flexibility index (Phi) is 5.78. The normalized spacial score (nSPS) is 12.4. The molecule has 0 aliphatic heterocycles. The molecule has 0 saturated carbocycles. The van der Waals surface area contributed by atoms with Crippen LogP contribution in [0.3, 0.4) is 0 Å². The first-order valence-electron chi connectivity index (χ1n) is 6.68. The van der Waals surface area contributed by atoms with Gasteiger partial charge in [0.15, 0.2) is 5.75 Å². The molecule has 0 radical (unpaired) electrons. The maximum Gasteiger partial charge on any atom is 0.161 e. The third kappa shape index (κ3) is 3.64. The minimum absolute atomic E-state index is 0.0881. The molecule has 2 aromatic heterocycles. The van der Waals surface area contributed by atoms with E-state index < -0.39 is 0 Å². The second-order valence-electron chi connectivity index (χ2n) is 4.63. The lowest BCUT2D eigenvalue weighted by Crippen LogP contribution is -2.27. The number of pyridine rings is 1. The number of rotatable bonds is 6. The summed E-state index contributed by atoms with van der Waals surface area (Å²) in [7, 11) is 3.56. The van der Waals surface area contributed by atoms with E-state index in [1.54, 1.807) is 19.5 Å². The molecule has 0 aliphatic carbocycles. The molecule has 1 unspecified atom stereocenters. The highest BCUT2D eigenvalue weighted by molar-refractivity contribution is 9.11. The van der Waals surface area contributed by atoms with Gasteiger partial charge in [0.2, 0.25) is 0 Å². The van der Waals surface area contributed by atoms with Crippen LogP contribution in [0.25, 0.3) is 0 Å². The molecule has 2 heterocycles. The Morgan fingerprint density at radius 1 is 1.38 bits per heavy atom. The molecule has 0 bridgehead atoms. The lowest BCUT2D eigenvalue weighted by Gasteiger charge is -2.20. The van der Waals surface area contributed by atoms with E-state index in [-0.39, 0.29) is 6.04 Å². The van der Waals surface area contributed by atoms with Crippen LogP contribution in [0.5, 0.6) is 5.75 Å². The van der Waals surface area contributed by atoms with Crippen molar-refractivity contribution in [2.75, 3.05) is 13.7 Å². The van der Waals surface area contributed by atoms with Gasteiger partial charge in [-0.15, -0.1) is 0 Å². The number of hydrogen-bond donors (Lipinski definition) is 1. The molecule has 114 valence electrons. The van der Waals surface area contributed by atoms with E-state index in [4.69, 9.17) is 4.74 Å². The lowest BCUT2D eigenvalue weighted by atomic mass is 10.1. The topological polar surface area (TPSA) is 52.0 Å². The Bertz CT molecular complexity index is 615. The molecule has 0 spiro atoms. The highest BCUT2D eigenvalue weighted by Gasteiger charge is 2.25. The molecule has 1 atom stereocenters. The smallest absolute Gasteiger partial charge is 0.161 e. The Hall–Kier alpha value is -0.920. The third-order valence-electron chi connectivity index (χ3n) is 3.15. The molecular formula is C14H18Br2N4O. The molecule has 5 nitrogen and oxygen atoms in total. The van der Waals surface area contributed by atoms with E-state index in [1.165, 1.54) is 0 Å². The van der Waals surface area contributed by atoms with E-state index in [9.17, 15) is 0 Å². The molecule has 0 aliphatic rings. The van der Waals surface area contributed by atoms with E-state index in [0.29, 0.717) is 0 Å². The van der Waals surface area contributed by atoms with Gasteiger partial charge >= 0.3 is 0 Å². The molecule has 1 N–H and O–H groups in total. The number of aromatic nitrogens is 3. The van der Waals surface area contributed by atoms with Gasteiger partial charge in [-0.05, 0) is 50.9 Å². The molecule has 0 amide bonds. The summed E-state index contributed by atoms with van der Waals surface area (Å²) in [5, 5.41) is 7.80. The molecule has 0 saturated heterocycles. The Morgan fingerprint density at radius 3 is 2.76 bits per heavy atom. The van der Waals surface area contributed by atoms with Gasteiger partial charge in [0.25, 0.3) is 0 Å². The third-order valence-corrected chi connectivity index (χ3v) is 4.22. The SMILES string of the molecule is CCCNC(c1ncc(Br)cc1Br)c1c(OC)cnn1C. The summed E-state index contributed by atoms with van der Waals surface area (Å²) < 4.78 is 9.13. The number of hydrogen-bond acceptors (Lipinski definition) is 4. The van der Waals surface area contributed by atoms with Crippen LogP contribution in [0.4, 0.5) is 0 Å². The Morgan fingerprint density at radius 2 is 2.14 bits per heavy atom. The predicted molar refractivity (Wildman–Crippen MR) is 89.5 cm³/mol. The van der Waals surface area contributed by atoms with Crippen molar-refractivity contribution < 1.29 is 4.74 Å². The van der Waals surface area contributed by atoms with Crippen molar-refractivity contribution >= 4 is 31.9 Å². The summed E-state index contributed by atoms with van der Waals surface area (Å²) in [6.45, 7) is 3.01. The number of aryl methyl sites for hydroxylation is 1. The van der Waals surface area contributed by atoms with Gasteiger partial charge in [0.05, 0.1) is 25.0 Å². The summed E-state index contributed by atoms with van der Waals surface area (Å²) in [6, 6.07) is 1.90. The monoisotopic (exact) mass is 416 g/mol. The lowest BCUT2D eigenvalue weighted by molar-refractivity contribution is 0.399. The van der Waals surface area contributed by atoms with Crippen molar-refractivity contribution in [3.8, 4) is 5.75 Å². The van der Waals surface area contributed by atoms with Crippen LogP contribution in [-0.2, 0) is 7.05 Å². The van der Waals surface area contributed by atoms with Crippen LogP contribution < -0.4 is 10.1 Å². The van der Waals surface area contributed by atoms with Crippen LogP contribution in [0.1, 0.15) is 30.8 Å². The molecule has 2 aromatic rings. The summed E-state index contributed by atoms with van der Waals surface area (Å²) >= 11 is 7.03. The van der Waals surface area contributed by atoms with Crippen LogP contribution in [0.2, 0.25) is 0 Å². The van der Waals surface area contributed by atoms with Gasteiger partial charge in [-0.25, -0.2) is 0 Å². The molecule has 2 rings (SSSR count). The maximum absolute atomic E-state index is 5.44. The van der Waals surface area contributed by atoms with Gasteiger partial charge in [0, 0.05) is 22.2 Å². The first kappa shape index (κ1) is 16.5. The quantitative estimate of drug-likeness (QED) is 0.782. The number of nitrogens with zero attached hydrogens (tertiary/aromatic N) is 3.